The third-order valence-corrected chi connectivity index (χ3v) is 4.72. The lowest BCUT2D eigenvalue weighted by atomic mass is 10.0. The average molecular weight is 319 g/mol. The third kappa shape index (κ3) is 5.72. The fraction of sp³-hybridized carbons (Fsp3) is 0.846. The highest BCUT2D eigenvalue weighted by molar-refractivity contribution is 7.88. The van der Waals surface area contributed by atoms with Crippen LogP contribution in [0.4, 0.5) is 0 Å². The number of sulfonamides is 1. The van der Waals surface area contributed by atoms with Gasteiger partial charge in [-0.1, -0.05) is 13.8 Å². The van der Waals surface area contributed by atoms with Crippen molar-refractivity contribution in [3.8, 4) is 0 Å². The summed E-state index contributed by atoms with van der Waals surface area (Å²) >= 11 is 0. The fourth-order valence-electron chi connectivity index (χ4n) is 2.33. The van der Waals surface area contributed by atoms with Gasteiger partial charge >= 0.3 is 0 Å². The Morgan fingerprint density at radius 2 is 2.10 bits per heavy atom. The molecule has 1 fully saturated rings. The zero-order valence-corrected chi connectivity index (χ0v) is 13.6. The Morgan fingerprint density at radius 1 is 1.48 bits per heavy atom. The Bertz CT molecular complexity index is 490. The third-order valence-electron chi connectivity index (χ3n) is 3.47. The second kappa shape index (κ2) is 7.33. The number of hydrogen-bond acceptors (Lipinski definition) is 5. The van der Waals surface area contributed by atoms with Crippen LogP contribution in [0.5, 0.6) is 0 Å². The van der Waals surface area contributed by atoms with E-state index in [1.165, 1.54) is 0 Å². The van der Waals surface area contributed by atoms with Gasteiger partial charge in [0.05, 0.1) is 24.9 Å². The van der Waals surface area contributed by atoms with Crippen molar-refractivity contribution < 1.29 is 18.0 Å². The standard InChI is InChI=1S/C13H25N3O4S/c1-9(2)7-10(14)13(18)15-11-5-4-6-16(8-12(11)17)21(3,19)20/h9-11H,4-8,14H2,1-3H3,(H,15,18)/t10-,11?/m0/s1. The summed E-state index contributed by atoms with van der Waals surface area (Å²) in [5.74, 6) is -0.353. The number of carbonyl (C=O) groups is 2. The van der Waals surface area contributed by atoms with Crippen molar-refractivity contribution in [1.82, 2.24) is 9.62 Å². The number of carbonyl (C=O) groups excluding carboxylic acids is 2. The summed E-state index contributed by atoms with van der Waals surface area (Å²) < 4.78 is 24.2. The predicted octanol–water partition coefficient (Wildman–Crippen LogP) is -0.531. The molecule has 1 rings (SSSR count). The minimum Gasteiger partial charge on any atom is -0.345 e. The van der Waals surface area contributed by atoms with E-state index in [2.05, 4.69) is 5.32 Å². The molecule has 0 bridgehead atoms. The molecule has 2 atom stereocenters. The van der Waals surface area contributed by atoms with Gasteiger partial charge in [0, 0.05) is 6.54 Å². The lowest BCUT2D eigenvalue weighted by Gasteiger charge is -2.20. The highest BCUT2D eigenvalue weighted by Gasteiger charge is 2.30. The molecule has 3 N–H and O–H groups in total. The van der Waals surface area contributed by atoms with Gasteiger partial charge in [0.25, 0.3) is 0 Å². The van der Waals surface area contributed by atoms with E-state index in [1.807, 2.05) is 13.8 Å². The lowest BCUT2D eigenvalue weighted by molar-refractivity contribution is -0.128. The van der Waals surface area contributed by atoms with Gasteiger partial charge in [-0.15, -0.1) is 0 Å². The Morgan fingerprint density at radius 3 is 2.62 bits per heavy atom. The summed E-state index contributed by atoms with van der Waals surface area (Å²) in [7, 11) is -3.39. The number of rotatable bonds is 5. The first-order valence-corrected chi connectivity index (χ1v) is 9.00. The largest absolute Gasteiger partial charge is 0.345 e. The van der Waals surface area contributed by atoms with Crippen molar-refractivity contribution in [2.45, 2.75) is 45.2 Å². The quantitative estimate of drug-likeness (QED) is 0.708. The Kier molecular flexibility index (Phi) is 6.30. The van der Waals surface area contributed by atoms with Gasteiger partial charge in [-0.2, -0.15) is 4.31 Å². The molecule has 0 saturated carbocycles. The van der Waals surface area contributed by atoms with E-state index in [0.717, 1.165) is 10.6 Å². The molecule has 1 aliphatic rings. The number of nitrogens with one attached hydrogen (secondary N) is 1. The number of hydrogen-bond donors (Lipinski definition) is 2. The highest BCUT2D eigenvalue weighted by atomic mass is 32.2. The molecule has 1 aliphatic heterocycles. The van der Waals surface area contributed by atoms with E-state index < -0.39 is 22.1 Å². The number of ketones is 1. The van der Waals surface area contributed by atoms with Crippen LogP contribution >= 0.6 is 0 Å². The van der Waals surface area contributed by atoms with Crippen LogP contribution in [0, 0.1) is 5.92 Å². The summed E-state index contributed by atoms with van der Waals surface area (Å²) in [5, 5.41) is 2.65. The van der Waals surface area contributed by atoms with Crippen molar-refractivity contribution in [2.24, 2.45) is 11.7 Å². The zero-order chi connectivity index (χ0) is 16.2. The number of nitrogens with two attached hydrogens (primary N) is 1. The molecule has 21 heavy (non-hydrogen) atoms. The van der Waals surface area contributed by atoms with Crippen LogP contribution in [-0.2, 0) is 19.6 Å². The van der Waals surface area contributed by atoms with Gasteiger partial charge in [0.2, 0.25) is 15.9 Å². The molecule has 0 aromatic carbocycles. The van der Waals surface area contributed by atoms with Crippen LogP contribution in [0.25, 0.3) is 0 Å². The molecule has 0 aliphatic carbocycles. The highest BCUT2D eigenvalue weighted by Crippen LogP contribution is 2.12. The molecule has 1 heterocycles. The Balaban J connectivity index is 2.64. The van der Waals surface area contributed by atoms with E-state index in [4.69, 9.17) is 5.73 Å². The molecule has 0 spiro atoms. The minimum atomic E-state index is -3.39. The van der Waals surface area contributed by atoms with Crippen LogP contribution in [0.3, 0.4) is 0 Å². The first kappa shape index (κ1) is 18.1. The van der Waals surface area contributed by atoms with Crippen molar-refractivity contribution in [2.75, 3.05) is 19.3 Å². The maximum absolute atomic E-state index is 12.1. The summed E-state index contributed by atoms with van der Waals surface area (Å²) in [6, 6.07) is -1.30. The Labute approximate surface area is 126 Å². The Hall–Kier alpha value is -0.990. The second-order valence-corrected chi connectivity index (χ2v) is 7.98. The average Bonchev–Trinajstić information content (AvgIpc) is 2.50. The summed E-state index contributed by atoms with van der Waals surface area (Å²) in [4.78, 5) is 24.1. The predicted molar refractivity (Wildman–Crippen MR) is 80.0 cm³/mol. The normalized spacial score (nSPS) is 22.9. The molecule has 0 radical (unpaired) electrons. The minimum absolute atomic E-state index is 0.191. The van der Waals surface area contributed by atoms with Crippen molar-refractivity contribution in [3.05, 3.63) is 0 Å². The first-order chi connectivity index (χ1) is 9.61. The smallest absolute Gasteiger partial charge is 0.237 e. The molecule has 122 valence electrons. The van der Waals surface area contributed by atoms with Crippen molar-refractivity contribution in [1.29, 1.82) is 0 Å². The van der Waals surface area contributed by atoms with Gasteiger partial charge in [-0.3, -0.25) is 9.59 Å². The van der Waals surface area contributed by atoms with Crippen LogP contribution in [0.1, 0.15) is 33.1 Å². The second-order valence-electron chi connectivity index (χ2n) is 6.00. The SMILES string of the molecule is CC(C)C[C@H](N)C(=O)NC1CCCN(S(C)(=O)=O)CC1=O. The van der Waals surface area contributed by atoms with E-state index in [9.17, 15) is 18.0 Å². The summed E-state index contributed by atoms with van der Waals surface area (Å²) in [6.07, 6.45) is 2.59. The number of Topliss-reactive ketones (excluding diaryl/α,β-unsaturated/α-hetero) is 1. The van der Waals surface area contributed by atoms with Gasteiger partial charge in [0.15, 0.2) is 5.78 Å². The maximum Gasteiger partial charge on any atom is 0.237 e. The molecule has 0 aromatic rings. The van der Waals surface area contributed by atoms with E-state index in [-0.39, 0.29) is 24.2 Å². The molecular formula is C13H25N3O4S. The van der Waals surface area contributed by atoms with E-state index >= 15 is 0 Å². The van der Waals surface area contributed by atoms with Crippen molar-refractivity contribution >= 4 is 21.7 Å². The zero-order valence-electron chi connectivity index (χ0n) is 12.8. The molecule has 7 nitrogen and oxygen atoms in total. The number of nitrogens with zero attached hydrogens (tertiary/aromatic N) is 1. The summed E-state index contributed by atoms with van der Waals surface area (Å²) in [6.45, 7) is 4.04. The molecule has 8 heteroatoms. The lowest BCUT2D eigenvalue weighted by Crippen LogP contribution is -2.50. The maximum atomic E-state index is 12.1. The monoisotopic (exact) mass is 319 g/mol. The van der Waals surface area contributed by atoms with Gasteiger partial charge < -0.3 is 11.1 Å². The van der Waals surface area contributed by atoms with Crippen LogP contribution < -0.4 is 11.1 Å². The molecular weight excluding hydrogens is 294 g/mol. The van der Waals surface area contributed by atoms with Crippen molar-refractivity contribution in [3.63, 3.8) is 0 Å². The molecule has 1 unspecified atom stereocenters. The van der Waals surface area contributed by atoms with Crippen LogP contribution in [0.2, 0.25) is 0 Å². The molecule has 0 aromatic heterocycles. The van der Waals surface area contributed by atoms with Crippen LogP contribution in [0.15, 0.2) is 0 Å². The molecule has 1 amide bonds. The van der Waals surface area contributed by atoms with Gasteiger partial charge in [-0.05, 0) is 25.2 Å². The molecule has 1 saturated heterocycles. The van der Waals surface area contributed by atoms with E-state index in [0.29, 0.717) is 25.8 Å². The topological polar surface area (TPSA) is 110 Å². The van der Waals surface area contributed by atoms with Gasteiger partial charge in [-0.25, -0.2) is 8.42 Å². The summed E-state index contributed by atoms with van der Waals surface area (Å²) in [5.41, 5.74) is 5.79. The number of amides is 1. The van der Waals surface area contributed by atoms with Gasteiger partial charge in [0.1, 0.15) is 0 Å². The van der Waals surface area contributed by atoms with E-state index in [1.54, 1.807) is 0 Å². The van der Waals surface area contributed by atoms with Crippen LogP contribution in [-0.4, -0.2) is 55.8 Å². The fourth-order valence-corrected chi connectivity index (χ4v) is 3.15. The first-order valence-electron chi connectivity index (χ1n) is 7.15.